The summed E-state index contributed by atoms with van der Waals surface area (Å²) < 4.78 is 32.2. The highest BCUT2D eigenvalue weighted by molar-refractivity contribution is 7.89. The third-order valence-corrected chi connectivity index (χ3v) is 6.55. The predicted molar refractivity (Wildman–Crippen MR) is 107 cm³/mol. The van der Waals surface area contributed by atoms with Crippen molar-refractivity contribution in [2.45, 2.75) is 4.90 Å². The molecule has 28 heavy (non-hydrogen) atoms. The van der Waals surface area contributed by atoms with Crippen molar-refractivity contribution >= 4 is 50.6 Å². The van der Waals surface area contributed by atoms with Gasteiger partial charge >= 0.3 is 0 Å². The Morgan fingerprint density at radius 2 is 1.93 bits per heavy atom. The van der Waals surface area contributed by atoms with Gasteiger partial charge in [0, 0.05) is 18.8 Å². The van der Waals surface area contributed by atoms with E-state index in [2.05, 4.69) is 15.6 Å². The van der Waals surface area contributed by atoms with Crippen LogP contribution in [0, 0.1) is 0 Å². The van der Waals surface area contributed by atoms with Gasteiger partial charge in [-0.25, -0.2) is 13.4 Å². The van der Waals surface area contributed by atoms with Crippen LogP contribution in [0.1, 0.15) is 0 Å². The number of nitrogens with zero attached hydrogens (tertiary/aromatic N) is 2. The Kier molecular flexibility index (Phi) is 6.73. The number of halogens is 2. The van der Waals surface area contributed by atoms with Gasteiger partial charge in [0.25, 0.3) is 0 Å². The first-order valence-electron chi connectivity index (χ1n) is 8.40. The maximum absolute atomic E-state index is 12.8. The molecular weight excluding hydrogens is 427 g/mol. The number of sulfonamides is 1. The van der Waals surface area contributed by atoms with Gasteiger partial charge in [-0.1, -0.05) is 29.3 Å². The average Bonchev–Trinajstić information content (AvgIpc) is 2.68. The van der Waals surface area contributed by atoms with Gasteiger partial charge < -0.3 is 15.4 Å². The van der Waals surface area contributed by atoms with Gasteiger partial charge in [0.2, 0.25) is 15.9 Å². The minimum atomic E-state index is -3.75. The number of ether oxygens (including phenoxy) is 1. The molecule has 2 N–H and O–H groups in total. The molecule has 1 aliphatic heterocycles. The van der Waals surface area contributed by atoms with Crippen LogP contribution in [0.5, 0.6) is 0 Å². The summed E-state index contributed by atoms with van der Waals surface area (Å²) in [6.45, 7) is 1.13. The van der Waals surface area contributed by atoms with Crippen LogP contribution in [-0.4, -0.2) is 56.5 Å². The fraction of sp³-hybridized carbons (Fsp3) is 0.294. The number of benzene rings is 1. The van der Waals surface area contributed by atoms with E-state index in [1.165, 1.54) is 16.4 Å². The number of carbonyl (C=O) groups excluding carboxylic acids is 1. The molecule has 0 spiro atoms. The second-order valence-corrected chi connectivity index (χ2v) is 8.61. The first-order valence-corrected chi connectivity index (χ1v) is 10.6. The summed E-state index contributed by atoms with van der Waals surface area (Å²) in [6, 6.07) is 9.37. The fourth-order valence-electron chi connectivity index (χ4n) is 2.58. The molecule has 1 amide bonds. The second kappa shape index (κ2) is 9.06. The summed E-state index contributed by atoms with van der Waals surface area (Å²) in [6.07, 6.45) is 0. The average molecular weight is 445 g/mol. The van der Waals surface area contributed by atoms with Crippen LogP contribution >= 0.6 is 23.2 Å². The summed E-state index contributed by atoms with van der Waals surface area (Å²) in [5, 5.41) is 5.86. The molecule has 1 aromatic heterocycles. The van der Waals surface area contributed by atoms with Gasteiger partial charge in [-0.3, -0.25) is 4.79 Å². The lowest BCUT2D eigenvalue weighted by Crippen LogP contribution is -2.40. The molecule has 2 heterocycles. The number of morpholine rings is 1. The largest absolute Gasteiger partial charge is 0.379 e. The van der Waals surface area contributed by atoms with Crippen LogP contribution in [0.3, 0.4) is 0 Å². The molecule has 0 bridgehead atoms. The molecule has 8 nitrogen and oxygen atoms in total. The van der Waals surface area contributed by atoms with Crippen molar-refractivity contribution in [1.29, 1.82) is 0 Å². The van der Waals surface area contributed by atoms with E-state index in [0.717, 1.165) is 0 Å². The number of hydrogen-bond acceptors (Lipinski definition) is 6. The lowest BCUT2D eigenvalue weighted by atomic mass is 10.3. The van der Waals surface area contributed by atoms with Crippen molar-refractivity contribution in [2.24, 2.45) is 0 Å². The minimum absolute atomic E-state index is 0.0158. The van der Waals surface area contributed by atoms with Crippen molar-refractivity contribution in [3.63, 3.8) is 0 Å². The molecule has 150 valence electrons. The van der Waals surface area contributed by atoms with Crippen molar-refractivity contribution in [3.05, 3.63) is 46.6 Å². The number of anilines is 2. The number of carbonyl (C=O) groups is 1. The standard InChI is InChI=1S/C17H18Cl2N4O4S/c18-13-5-4-12(10-14(13)28(25,26)23-6-8-27-9-7-23)20-11-17(24)22-16-3-1-2-15(19)21-16/h1-5,10,20H,6-9,11H2,(H,21,22,24). The third kappa shape index (κ3) is 5.12. The SMILES string of the molecule is O=C(CNc1ccc(Cl)c(S(=O)(=O)N2CCOCC2)c1)Nc1cccc(Cl)n1. The van der Waals surface area contributed by atoms with Crippen molar-refractivity contribution in [2.75, 3.05) is 43.5 Å². The van der Waals surface area contributed by atoms with Crippen LogP contribution in [0.15, 0.2) is 41.3 Å². The van der Waals surface area contributed by atoms with E-state index in [0.29, 0.717) is 24.7 Å². The zero-order valence-electron chi connectivity index (χ0n) is 14.7. The van der Waals surface area contributed by atoms with Crippen LogP contribution in [-0.2, 0) is 19.6 Å². The number of pyridine rings is 1. The number of amides is 1. The molecule has 1 saturated heterocycles. The zero-order valence-corrected chi connectivity index (χ0v) is 17.0. The van der Waals surface area contributed by atoms with E-state index in [1.807, 2.05) is 0 Å². The van der Waals surface area contributed by atoms with Gasteiger partial charge in [-0.05, 0) is 30.3 Å². The quantitative estimate of drug-likeness (QED) is 0.663. The highest BCUT2D eigenvalue weighted by Gasteiger charge is 2.28. The summed E-state index contributed by atoms with van der Waals surface area (Å²) >= 11 is 11.9. The maximum Gasteiger partial charge on any atom is 0.244 e. The summed E-state index contributed by atoms with van der Waals surface area (Å²) in [5.74, 6) is -0.0340. The normalized spacial score (nSPS) is 15.2. The van der Waals surface area contributed by atoms with E-state index >= 15 is 0 Å². The minimum Gasteiger partial charge on any atom is -0.379 e. The van der Waals surface area contributed by atoms with E-state index in [4.69, 9.17) is 27.9 Å². The van der Waals surface area contributed by atoms with Gasteiger partial charge in [-0.15, -0.1) is 0 Å². The Bertz CT molecular complexity index is 965. The van der Waals surface area contributed by atoms with Crippen LogP contribution < -0.4 is 10.6 Å². The molecule has 3 rings (SSSR count). The molecule has 0 radical (unpaired) electrons. The number of aromatic nitrogens is 1. The Balaban J connectivity index is 1.68. The Labute approximate surface area is 172 Å². The van der Waals surface area contributed by atoms with Crippen molar-refractivity contribution in [3.8, 4) is 0 Å². The Hall–Kier alpha value is -1.91. The molecule has 11 heteroatoms. The first-order chi connectivity index (χ1) is 13.4. The molecule has 0 aliphatic carbocycles. The van der Waals surface area contributed by atoms with E-state index in [1.54, 1.807) is 24.3 Å². The Morgan fingerprint density at radius 3 is 2.64 bits per heavy atom. The van der Waals surface area contributed by atoms with Gasteiger partial charge in [-0.2, -0.15) is 4.31 Å². The van der Waals surface area contributed by atoms with Crippen LogP contribution in [0.4, 0.5) is 11.5 Å². The summed E-state index contributed by atoms with van der Waals surface area (Å²) in [7, 11) is -3.75. The fourth-order valence-corrected chi connectivity index (χ4v) is 4.66. The molecule has 0 saturated carbocycles. The van der Waals surface area contributed by atoms with E-state index in [9.17, 15) is 13.2 Å². The van der Waals surface area contributed by atoms with Crippen LogP contribution in [0.2, 0.25) is 10.2 Å². The summed E-state index contributed by atoms with van der Waals surface area (Å²) in [5.41, 5.74) is 0.449. The molecule has 2 aromatic rings. The van der Waals surface area contributed by atoms with Gasteiger partial charge in [0.15, 0.2) is 0 Å². The Morgan fingerprint density at radius 1 is 1.18 bits per heavy atom. The zero-order chi connectivity index (χ0) is 20.1. The monoisotopic (exact) mass is 444 g/mol. The molecule has 0 atom stereocenters. The predicted octanol–water partition coefficient (Wildman–Crippen LogP) is 2.46. The highest BCUT2D eigenvalue weighted by Crippen LogP contribution is 2.28. The van der Waals surface area contributed by atoms with E-state index in [-0.39, 0.29) is 40.6 Å². The van der Waals surface area contributed by atoms with Crippen molar-refractivity contribution < 1.29 is 17.9 Å². The third-order valence-electron chi connectivity index (χ3n) is 3.95. The topological polar surface area (TPSA) is 101 Å². The maximum atomic E-state index is 12.8. The molecule has 1 fully saturated rings. The molecular formula is C17H18Cl2N4O4S. The summed E-state index contributed by atoms with van der Waals surface area (Å²) in [4.78, 5) is 16.0. The second-order valence-electron chi connectivity index (χ2n) is 5.91. The van der Waals surface area contributed by atoms with E-state index < -0.39 is 10.0 Å². The smallest absolute Gasteiger partial charge is 0.244 e. The number of nitrogens with one attached hydrogen (secondary N) is 2. The lowest BCUT2D eigenvalue weighted by Gasteiger charge is -2.26. The molecule has 0 unspecified atom stereocenters. The highest BCUT2D eigenvalue weighted by atomic mass is 35.5. The van der Waals surface area contributed by atoms with Crippen molar-refractivity contribution in [1.82, 2.24) is 9.29 Å². The first kappa shape index (κ1) is 20.8. The lowest BCUT2D eigenvalue weighted by molar-refractivity contribution is -0.114. The number of rotatable bonds is 6. The van der Waals surface area contributed by atoms with Gasteiger partial charge in [0.1, 0.15) is 15.9 Å². The number of hydrogen-bond donors (Lipinski definition) is 2. The molecule has 1 aromatic carbocycles. The molecule has 1 aliphatic rings. The van der Waals surface area contributed by atoms with Gasteiger partial charge in [0.05, 0.1) is 24.8 Å². The van der Waals surface area contributed by atoms with Crippen LogP contribution in [0.25, 0.3) is 0 Å².